The van der Waals surface area contributed by atoms with E-state index in [1.807, 2.05) is 39.8 Å². The Hall–Kier alpha value is -1.48. The molecule has 0 saturated heterocycles. The van der Waals surface area contributed by atoms with Crippen molar-refractivity contribution in [1.29, 1.82) is 0 Å². The Balaban J connectivity index is 2.57. The van der Waals surface area contributed by atoms with Crippen molar-refractivity contribution in [3.63, 3.8) is 0 Å². The molecule has 0 spiro atoms. The molecule has 1 aromatic rings. The van der Waals surface area contributed by atoms with E-state index in [9.17, 15) is 10.2 Å². The molecule has 0 aromatic heterocycles. The zero-order valence-corrected chi connectivity index (χ0v) is 11.3. The van der Waals surface area contributed by atoms with Crippen LogP contribution in [-0.2, 0) is 0 Å². The third-order valence-corrected chi connectivity index (χ3v) is 3.40. The average Bonchev–Trinajstić information content (AvgIpc) is 2.28. The summed E-state index contributed by atoms with van der Waals surface area (Å²) in [6.07, 6.45) is 3.05. The van der Waals surface area contributed by atoms with Gasteiger partial charge in [0.25, 0.3) is 0 Å². The number of aliphatic hydroxyl groups is 1. The number of hydrogen-bond donors (Lipinski definition) is 2. The van der Waals surface area contributed by atoms with E-state index >= 15 is 0 Å². The molecule has 3 nitrogen and oxygen atoms in total. The number of hydrogen-bond acceptors (Lipinski definition) is 3. The van der Waals surface area contributed by atoms with Gasteiger partial charge in [0.1, 0.15) is 17.1 Å². The van der Waals surface area contributed by atoms with Crippen LogP contribution in [0.2, 0.25) is 0 Å². The molecule has 0 bridgehead atoms. The van der Waals surface area contributed by atoms with Crippen molar-refractivity contribution in [3.8, 4) is 11.5 Å². The van der Waals surface area contributed by atoms with E-state index < -0.39 is 11.7 Å². The third-order valence-electron chi connectivity index (χ3n) is 3.40. The number of benzene rings is 1. The first-order valence-electron chi connectivity index (χ1n) is 6.20. The van der Waals surface area contributed by atoms with Crippen molar-refractivity contribution in [2.24, 2.45) is 0 Å². The number of rotatable bonds is 0. The van der Waals surface area contributed by atoms with E-state index in [2.05, 4.69) is 0 Å². The predicted molar refractivity (Wildman–Crippen MR) is 71.1 cm³/mol. The van der Waals surface area contributed by atoms with Crippen molar-refractivity contribution < 1.29 is 14.9 Å². The Labute approximate surface area is 108 Å². The normalized spacial score (nSPS) is 27.6. The monoisotopic (exact) mass is 248 g/mol. The van der Waals surface area contributed by atoms with Gasteiger partial charge in [0.05, 0.1) is 6.10 Å². The van der Waals surface area contributed by atoms with Crippen LogP contribution < -0.4 is 4.74 Å². The van der Waals surface area contributed by atoms with E-state index in [1.54, 1.807) is 12.1 Å². The molecular weight excluding hydrogens is 228 g/mol. The summed E-state index contributed by atoms with van der Waals surface area (Å²) in [5.74, 6) is 0.851. The molecule has 2 rings (SSSR count). The highest BCUT2D eigenvalue weighted by Gasteiger charge is 2.27. The molecule has 0 aliphatic carbocycles. The van der Waals surface area contributed by atoms with E-state index in [-0.39, 0.29) is 11.7 Å². The van der Waals surface area contributed by atoms with E-state index in [0.29, 0.717) is 0 Å². The molecule has 3 heteroatoms. The van der Waals surface area contributed by atoms with Crippen LogP contribution in [0, 0.1) is 6.92 Å². The second-order valence-corrected chi connectivity index (χ2v) is 5.52. The van der Waals surface area contributed by atoms with Crippen LogP contribution in [0.25, 0.3) is 0 Å². The fourth-order valence-electron chi connectivity index (χ4n) is 2.13. The number of aliphatic hydroxyl groups excluding tert-OH is 1. The molecule has 1 aliphatic heterocycles. The van der Waals surface area contributed by atoms with Gasteiger partial charge in [-0.3, -0.25) is 0 Å². The van der Waals surface area contributed by atoms with Crippen LogP contribution in [0.15, 0.2) is 24.3 Å². The minimum atomic E-state index is -0.575. The summed E-state index contributed by atoms with van der Waals surface area (Å²) in [4.78, 5) is 0. The third kappa shape index (κ3) is 2.36. The van der Waals surface area contributed by atoms with Gasteiger partial charge in [-0.25, -0.2) is 0 Å². The molecule has 18 heavy (non-hydrogen) atoms. The Morgan fingerprint density at radius 2 is 1.94 bits per heavy atom. The topological polar surface area (TPSA) is 49.7 Å². The fourth-order valence-corrected chi connectivity index (χ4v) is 2.13. The second kappa shape index (κ2) is 4.32. The largest absolute Gasteiger partial charge is 0.508 e. The Bertz CT molecular complexity index is 489. The first-order valence-corrected chi connectivity index (χ1v) is 6.20. The molecule has 1 aromatic carbocycles. The quantitative estimate of drug-likeness (QED) is 0.694. The molecular formula is C15H20O3. The zero-order chi connectivity index (χ0) is 13.5. The molecule has 98 valence electrons. The highest BCUT2D eigenvalue weighted by atomic mass is 16.5. The highest BCUT2D eigenvalue weighted by Crippen LogP contribution is 2.38. The number of phenols is 1. The molecule has 0 fully saturated rings. The summed E-state index contributed by atoms with van der Waals surface area (Å²) in [7, 11) is 0. The van der Waals surface area contributed by atoms with Gasteiger partial charge in [-0.2, -0.15) is 0 Å². The zero-order valence-electron chi connectivity index (χ0n) is 11.3. The van der Waals surface area contributed by atoms with Crippen LogP contribution in [0.4, 0.5) is 0 Å². The lowest BCUT2D eigenvalue weighted by Gasteiger charge is -2.30. The molecule has 0 unspecified atom stereocenters. The lowest BCUT2D eigenvalue weighted by atomic mass is 9.90. The molecule has 2 atom stereocenters. The molecule has 0 radical (unpaired) electrons. The second-order valence-electron chi connectivity index (χ2n) is 5.52. The Kier molecular flexibility index (Phi) is 3.11. The predicted octanol–water partition coefficient (Wildman–Crippen LogP) is 2.89. The fraction of sp³-hybridized carbons (Fsp3) is 0.467. The van der Waals surface area contributed by atoms with Gasteiger partial charge in [-0.05, 0) is 44.5 Å². The molecule has 0 amide bonds. The van der Waals surface area contributed by atoms with E-state index in [1.165, 1.54) is 0 Å². The molecule has 1 heterocycles. The standard InChI is InChI=1S/C15H20O3/c1-9-7-14-11(8-13(9)17)10(2)12(16)5-6-15(3,4)18-14/h5-8,10,12,16-17H,1-4H3/b6-5-/t10-,12-/m0/s1. The van der Waals surface area contributed by atoms with Crippen molar-refractivity contribution in [2.45, 2.75) is 45.3 Å². The average molecular weight is 248 g/mol. The van der Waals surface area contributed by atoms with Gasteiger partial charge in [-0.1, -0.05) is 13.0 Å². The molecule has 2 N–H and O–H groups in total. The smallest absolute Gasteiger partial charge is 0.124 e. The minimum Gasteiger partial charge on any atom is -0.508 e. The summed E-state index contributed by atoms with van der Waals surface area (Å²) in [6.45, 7) is 7.64. The maximum Gasteiger partial charge on any atom is 0.124 e. The highest BCUT2D eigenvalue weighted by molar-refractivity contribution is 5.48. The van der Waals surface area contributed by atoms with Crippen LogP contribution in [-0.4, -0.2) is 21.9 Å². The van der Waals surface area contributed by atoms with Crippen molar-refractivity contribution in [3.05, 3.63) is 35.4 Å². The summed E-state index contributed by atoms with van der Waals surface area (Å²) in [5, 5.41) is 19.9. The number of fused-ring (bicyclic) bond motifs is 1. The Morgan fingerprint density at radius 3 is 2.61 bits per heavy atom. The minimum absolute atomic E-state index is 0.112. The summed E-state index contributed by atoms with van der Waals surface area (Å²) in [6, 6.07) is 3.52. The van der Waals surface area contributed by atoms with Crippen LogP contribution in [0.1, 0.15) is 37.8 Å². The van der Waals surface area contributed by atoms with E-state index in [0.717, 1.165) is 16.9 Å². The lowest BCUT2D eigenvalue weighted by Crippen LogP contribution is -2.29. The van der Waals surface area contributed by atoms with Gasteiger partial charge >= 0.3 is 0 Å². The summed E-state index contributed by atoms with van der Waals surface area (Å²) in [5.41, 5.74) is 1.14. The van der Waals surface area contributed by atoms with Gasteiger partial charge in [0.15, 0.2) is 0 Å². The van der Waals surface area contributed by atoms with Crippen molar-refractivity contribution in [1.82, 2.24) is 0 Å². The van der Waals surface area contributed by atoms with E-state index in [4.69, 9.17) is 4.74 Å². The van der Waals surface area contributed by atoms with Crippen LogP contribution in [0.5, 0.6) is 11.5 Å². The lowest BCUT2D eigenvalue weighted by molar-refractivity contribution is 0.139. The van der Waals surface area contributed by atoms with Gasteiger partial charge in [0, 0.05) is 11.5 Å². The first kappa shape index (κ1) is 13.0. The number of ether oxygens (including phenoxy) is 1. The molecule has 1 aliphatic rings. The number of aryl methyl sites for hydroxylation is 1. The summed E-state index contributed by atoms with van der Waals surface area (Å²) >= 11 is 0. The number of phenolic OH excluding ortho intramolecular Hbond substituents is 1. The van der Waals surface area contributed by atoms with Gasteiger partial charge < -0.3 is 14.9 Å². The Morgan fingerprint density at radius 1 is 1.28 bits per heavy atom. The number of aromatic hydroxyl groups is 1. The van der Waals surface area contributed by atoms with Gasteiger partial charge in [0.2, 0.25) is 0 Å². The SMILES string of the molecule is Cc1cc2c(cc1O)[C@H](C)[C@@H](O)/C=C\C(C)(C)O2. The van der Waals surface area contributed by atoms with Crippen molar-refractivity contribution >= 4 is 0 Å². The molecule has 0 saturated carbocycles. The first-order chi connectivity index (χ1) is 8.30. The summed E-state index contributed by atoms with van der Waals surface area (Å²) < 4.78 is 5.97. The van der Waals surface area contributed by atoms with Crippen LogP contribution >= 0.6 is 0 Å². The maximum atomic E-state index is 10.1. The maximum absolute atomic E-state index is 10.1. The van der Waals surface area contributed by atoms with Crippen molar-refractivity contribution in [2.75, 3.05) is 0 Å². The van der Waals surface area contributed by atoms with Crippen LogP contribution in [0.3, 0.4) is 0 Å². The van der Waals surface area contributed by atoms with Gasteiger partial charge in [-0.15, -0.1) is 0 Å².